The summed E-state index contributed by atoms with van der Waals surface area (Å²) in [6.07, 6.45) is 1.09. The van der Waals surface area contributed by atoms with E-state index in [-0.39, 0.29) is 5.41 Å². The summed E-state index contributed by atoms with van der Waals surface area (Å²) in [6.45, 7) is 10.4. The Bertz CT molecular complexity index is 343. The molecule has 0 saturated carbocycles. The number of nitrogens with two attached hydrogens (primary N) is 1. The molecule has 0 unspecified atom stereocenters. The second-order valence-electron chi connectivity index (χ2n) is 5.29. The second-order valence-corrected chi connectivity index (χ2v) is 5.29. The van der Waals surface area contributed by atoms with Crippen LogP contribution in [0.25, 0.3) is 0 Å². The SMILES string of the molecule is Cc1cccc(NCCC(C)(C)CN)c1C. The van der Waals surface area contributed by atoms with E-state index >= 15 is 0 Å². The fourth-order valence-corrected chi connectivity index (χ4v) is 1.58. The summed E-state index contributed by atoms with van der Waals surface area (Å²) in [5.41, 5.74) is 9.86. The molecule has 0 radical (unpaired) electrons. The average molecular weight is 220 g/mol. The molecule has 90 valence electrons. The predicted octanol–water partition coefficient (Wildman–Crippen LogP) is 3.09. The van der Waals surface area contributed by atoms with Crippen molar-refractivity contribution in [1.29, 1.82) is 0 Å². The summed E-state index contributed by atoms with van der Waals surface area (Å²) >= 11 is 0. The first-order valence-corrected chi connectivity index (χ1v) is 5.96. The van der Waals surface area contributed by atoms with Crippen LogP contribution in [0.2, 0.25) is 0 Å². The van der Waals surface area contributed by atoms with Crippen LogP contribution in [0.3, 0.4) is 0 Å². The van der Waals surface area contributed by atoms with Gasteiger partial charge in [-0.3, -0.25) is 0 Å². The molecule has 1 aromatic carbocycles. The highest BCUT2D eigenvalue weighted by molar-refractivity contribution is 5.53. The second kappa shape index (κ2) is 5.35. The molecular weight excluding hydrogens is 196 g/mol. The molecule has 2 heteroatoms. The molecule has 0 aliphatic rings. The average Bonchev–Trinajstić information content (AvgIpc) is 2.24. The van der Waals surface area contributed by atoms with Crippen LogP contribution < -0.4 is 11.1 Å². The molecule has 0 heterocycles. The number of hydrogen-bond acceptors (Lipinski definition) is 2. The van der Waals surface area contributed by atoms with E-state index in [0.29, 0.717) is 0 Å². The number of rotatable bonds is 5. The predicted molar refractivity (Wildman–Crippen MR) is 71.9 cm³/mol. The van der Waals surface area contributed by atoms with Crippen LogP contribution in [0, 0.1) is 19.3 Å². The molecule has 0 aliphatic carbocycles. The van der Waals surface area contributed by atoms with Gasteiger partial charge in [0.2, 0.25) is 0 Å². The normalized spacial score (nSPS) is 11.6. The third-order valence-electron chi connectivity index (χ3n) is 3.27. The largest absolute Gasteiger partial charge is 0.385 e. The topological polar surface area (TPSA) is 38.0 Å². The number of nitrogens with one attached hydrogen (secondary N) is 1. The highest BCUT2D eigenvalue weighted by Crippen LogP contribution is 2.21. The Labute approximate surface area is 99.2 Å². The van der Waals surface area contributed by atoms with Crippen LogP contribution >= 0.6 is 0 Å². The molecule has 0 saturated heterocycles. The molecule has 0 bridgehead atoms. The van der Waals surface area contributed by atoms with Crippen molar-refractivity contribution in [3.8, 4) is 0 Å². The Morgan fingerprint density at radius 3 is 2.56 bits per heavy atom. The molecule has 0 aliphatic heterocycles. The van der Waals surface area contributed by atoms with Crippen LogP contribution in [0.1, 0.15) is 31.4 Å². The van der Waals surface area contributed by atoms with Gasteiger partial charge in [-0.25, -0.2) is 0 Å². The zero-order valence-corrected chi connectivity index (χ0v) is 10.9. The van der Waals surface area contributed by atoms with Gasteiger partial charge in [0.25, 0.3) is 0 Å². The summed E-state index contributed by atoms with van der Waals surface area (Å²) in [5, 5.41) is 3.49. The minimum atomic E-state index is 0.227. The summed E-state index contributed by atoms with van der Waals surface area (Å²) in [4.78, 5) is 0. The highest BCUT2D eigenvalue weighted by Gasteiger charge is 2.14. The maximum absolute atomic E-state index is 5.71. The van der Waals surface area contributed by atoms with Gasteiger partial charge in [-0.05, 0) is 49.4 Å². The van der Waals surface area contributed by atoms with Gasteiger partial charge >= 0.3 is 0 Å². The van der Waals surface area contributed by atoms with Gasteiger partial charge in [-0.2, -0.15) is 0 Å². The van der Waals surface area contributed by atoms with Gasteiger partial charge in [0.15, 0.2) is 0 Å². The smallest absolute Gasteiger partial charge is 0.0372 e. The van der Waals surface area contributed by atoms with Crippen molar-refractivity contribution in [3.63, 3.8) is 0 Å². The van der Waals surface area contributed by atoms with E-state index in [9.17, 15) is 0 Å². The molecule has 0 amide bonds. The molecule has 0 spiro atoms. The molecular formula is C14H24N2. The summed E-state index contributed by atoms with van der Waals surface area (Å²) in [5.74, 6) is 0. The van der Waals surface area contributed by atoms with Crippen molar-refractivity contribution in [1.82, 2.24) is 0 Å². The lowest BCUT2D eigenvalue weighted by Gasteiger charge is -2.23. The minimum Gasteiger partial charge on any atom is -0.385 e. The van der Waals surface area contributed by atoms with Gasteiger partial charge in [-0.1, -0.05) is 26.0 Å². The maximum Gasteiger partial charge on any atom is 0.0372 e. The number of aryl methyl sites for hydroxylation is 1. The van der Waals surface area contributed by atoms with E-state index in [1.54, 1.807) is 0 Å². The lowest BCUT2D eigenvalue weighted by Crippen LogP contribution is -2.26. The fraction of sp³-hybridized carbons (Fsp3) is 0.571. The van der Waals surface area contributed by atoms with E-state index in [1.807, 2.05) is 0 Å². The zero-order chi connectivity index (χ0) is 12.2. The van der Waals surface area contributed by atoms with Gasteiger partial charge in [0.05, 0.1) is 0 Å². The Morgan fingerprint density at radius 2 is 1.94 bits per heavy atom. The van der Waals surface area contributed by atoms with Crippen molar-refractivity contribution in [2.75, 3.05) is 18.4 Å². The Kier molecular flexibility index (Phi) is 4.36. The molecule has 1 aromatic rings. The maximum atomic E-state index is 5.71. The fourth-order valence-electron chi connectivity index (χ4n) is 1.58. The molecule has 16 heavy (non-hydrogen) atoms. The zero-order valence-electron chi connectivity index (χ0n) is 10.9. The first-order chi connectivity index (χ1) is 7.46. The molecule has 0 atom stereocenters. The van der Waals surface area contributed by atoms with Gasteiger partial charge in [0, 0.05) is 12.2 Å². The van der Waals surface area contributed by atoms with E-state index in [4.69, 9.17) is 5.73 Å². The van der Waals surface area contributed by atoms with Crippen molar-refractivity contribution >= 4 is 5.69 Å². The van der Waals surface area contributed by atoms with Crippen molar-refractivity contribution in [3.05, 3.63) is 29.3 Å². The highest BCUT2D eigenvalue weighted by atomic mass is 14.9. The summed E-state index contributed by atoms with van der Waals surface area (Å²) in [6, 6.07) is 6.38. The lowest BCUT2D eigenvalue weighted by molar-refractivity contribution is 0.358. The Balaban J connectivity index is 2.53. The molecule has 2 nitrogen and oxygen atoms in total. The third kappa shape index (κ3) is 3.53. The summed E-state index contributed by atoms with van der Waals surface area (Å²) in [7, 11) is 0. The van der Waals surface area contributed by atoms with E-state index in [0.717, 1.165) is 19.5 Å². The summed E-state index contributed by atoms with van der Waals surface area (Å²) < 4.78 is 0. The molecule has 1 rings (SSSR count). The van der Waals surface area contributed by atoms with Crippen molar-refractivity contribution < 1.29 is 0 Å². The minimum absolute atomic E-state index is 0.227. The monoisotopic (exact) mass is 220 g/mol. The van der Waals surface area contributed by atoms with E-state index in [2.05, 4.69) is 51.2 Å². The van der Waals surface area contributed by atoms with Crippen molar-refractivity contribution in [2.24, 2.45) is 11.1 Å². The van der Waals surface area contributed by atoms with E-state index in [1.165, 1.54) is 16.8 Å². The van der Waals surface area contributed by atoms with Crippen LogP contribution in [0.15, 0.2) is 18.2 Å². The van der Waals surface area contributed by atoms with Crippen LogP contribution in [0.4, 0.5) is 5.69 Å². The first-order valence-electron chi connectivity index (χ1n) is 5.96. The molecule has 0 aromatic heterocycles. The molecule has 3 N–H and O–H groups in total. The lowest BCUT2D eigenvalue weighted by atomic mass is 9.89. The quantitative estimate of drug-likeness (QED) is 0.800. The van der Waals surface area contributed by atoms with Crippen LogP contribution in [-0.2, 0) is 0 Å². The molecule has 0 fully saturated rings. The Morgan fingerprint density at radius 1 is 1.25 bits per heavy atom. The Hall–Kier alpha value is -1.02. The number of anilines is 1. The standard InChI is InChI=1S/C14H24N2/c1-11-6-5-7-13(12(11)2)16-9-8-14(3,4)10-15/h5-7,16H,8-10,15H2,1-4H3. The van der Waals surface area contributed by atoms with E-state index < -0.39 is 0 Å². The van der Waals surface area contributed by atoms with Crippen LogP contribution in [0.5, 0.6) is 0 Å². The third-order valence-corrected chi connectivity index (χ3v) is 3.27. The number of hydrogen-bond donors (Lipinski definition) is 2. The van der Waals surface area contributed by atoms with Gasteiger partial charge < -0.3 is 11.1 Å². The van der Waals surface area contributed by atoms with Gasteiger partial charge in [0.1, 0.15) is 0 Å². The van der Waals surface area contributed by atoms with Crippen molar-refractivity contribution in [2.45, 2.75) is 34.1 Å². The first kappa shape index (κ1) is 13.0. The number of benzene rings is 1. The van der Waals surface area contributed by atoms with Gasteiger partial charge in [-0.15, -0.1) is 0 Å². The van der Waals surface area contributed by atoms with Crippen LogP contribution in [-0.4, -0.2) is 13.1 Å².